The lowest BCUT2D eigenvalue weighted by Crippen LogP contribution is -2.36. The van der Waals surface area contributed by atoms with E-state index in [4.69, 9.17) is 0 Å². The van der Waals surface area contributed by atoms with Crippen molar-refractivity contribution < 1.29 is 4.21 Å². The van der Waals surface area contributed by atoms with E-state index in [0.717, 1.165) is 36.9 Å². The van der Waals surface area contributed by atoms with Gasteiger partial charge in [0.1, 0.15) is 11.6 Å². The van der Waals surface area contributed by atoms with E-state index in [1.807, 2.05) is 30.3 Å². The maximum atomic E-state index is 12.3. The van der Waals surface area contributed by atoms with Crippen LogP contribution in [0.15, 0.2) is 35.2 Å². The first-order chi connectivity index (χ1) is 10.8. The third-order valence-corrected chi connectivity index (χ3v) is 5.75. The number of nitrogens with zero attached hydrogens (tertiary/aromatic N) is 4. The first-order valence-electron chi connectivity index (χ1n) is 7.89. The highest BCUT2D eigenvalue weighted by Crippen LogP contribution is 2.39. The zero-order valence-electron chi connectivity index (χ0n) is 12.5. The van der Waals surface area contributed by atoms with Crippen molar-refractivity contribution in [3.05, 3.63) is 42.0 Å². The Hall–Kier alpha value is -1.53. The SMILES string of the molecule is O=[S@@](CCN1CCn2c(nnc2C2CC2)C1)c1ccccc1. The van der Waals surface area contributed by atoms with Crippen molar-refractivity contribution in [3.8, 4) is 0 Å². The topological polar surface area (TPSA) is 51.0 Å². The predicted octanol–water partition coefficient (Wildman–Crippen LogP) is 1.78. The quantitative estimate of drug-likeness (QED) is 0.844. The van der Waals surface area contributed by atoms with Gasteiger partial charge in [0.2, 0.25) is 0 Å². The molecule has 0 amide bonds. The van der Waals surface area contributed by atoms with E-state index in [0.29, 0.717) is 11.7 Å². The van der Waals surface area contributed by atoms with Gasteiger partial charge in [0.15, 0.2) is 0 Å². The molecule has 2 aliphatic rings. The van der Waals surface area contributed by atoms with Gasteiger partial charge in [0.05, 0.1) is 17.3 Å². The molecule has 0 radical (unpaired) electrons. The van der Waals surface area contributed by atoms with Crippen molar-refractivity contribution in [2.75, 3.05) is 18.8 Å². The molecule has 2 aromatic rings. The first-order valence-corrected chi connectivity index (χ1v) is 9.21. The summed E-state index contributed by atoms with van der Waals surface area (Å²) in [5, 5.41) is 8.71. The first kappa shape index (κ1) is 14.1. The van der Waals surface area contributed by atoms with Crippen LogP contribution in [0.4, 0.5) is 0 Å². The molecule has 1 aliphatic heterocycles. The molecule has 4 rings (SSSR count). The number of hydrogen-bond acceptors (Lipinski definition) is 4. The molecule has 1 aromatic heterocycles. The van der Waals surface area contributed by atoms with Crippen LogP contribution in [0, 0.1) is 0 Å². The second-order valence-electron chi connectivity index (χ2n) is 6.04. The Kier molecular flexibility index (Phi) is 3.80. The predicted molar refractivity (Wildman–Crippen MR) is 85.0 cm³/mol. The number of aromatic nitrogens is 3. The summed E-state index contributed by atoms with van der Waals surface area (Å²) in [6, 6.07) is 9.71. The molecule has 0 saturated heterocycles. The van der Waals surface area contributed by atoms with Crippen molar-refractivity contribution in [3.63, 3.8) is 0 Å². The standard InChI is InChI=1S/C16H20N4OS/c21-22(14-4-2-1-3-5-14)11-10-19-8-9-20-15(12-19)17-18-16(20)13-6-7-13/h1-5,13H,6-12H2/t22-/m0/s1. The average Bonchev–Trinajstić information content (AvgIpc) is 3.33. The van der Waals surface area contributed by atoms with Crippen LogP contribution in [0.2, 0.25) is 0 Å². The molecule has 6 heteroatoms. The molecule has 5 nitrogen and oxygen atoms in total. The number of benzene rings is 1. The summed E-state index contributed by atoms with van der Waals surface area (Å²) in [5.74, 6) is 3.58. The second-order valence-corrected chi connectivity index (χ2v) is 7.61. The zero-order valence-corrected chi connectivity index (χ0v) is 13.3. The Balaban J connectivity index is 1.36. The lowest BCUT2D eigenvalue weighted by atomic mass is 10.3. The molecule has 0 N–H and O–H groups in total. The highest BCUT2D eigenvalue weighted by atomic mass is 32.2. The third-order valence-electron chi connectivity index (χ3n) is 4.40. The smallest absolute Gasteiger partial charge is 0.147 e. The van der Waals surface area contributed by atoms with Crippen LogP contribution >= 0.6 is 0 Å². The maximum Gasteiger partial charge on any atom is 0.147 e. The van der Waals surface area contributed by atoms with Gasteiger partial charge in [-0.2, -0.15) is 0 Å². The molecule has 0 bridgehead atoms. The normalized spacial score (nSPS) is 19.8. The molecule has 1 saturated carbocycles. The summed E-state index contributed by atoms with van der Waals surface area (Å²) < 4.78 is 14.6. The largest absolute Gasteiger partial charge is 0.312 e. The highest BCUT2D eigenvalue weighted by Gasteiger charge is 2.31. The minimum atomic E-state index is -0.920. The number of rotatable bonds is 5. The van der Waals surface area contributed by atoms with E-state index in [9.17, 15) is 4.21 Å². The highest BCUT2D eigenvalue weighted by molar-refractivity contribution is 7.85. The van der Waals surface area contributed by atoms with Gasteiger partial charge in [-0.25, -0.2) is 0 Å². The van der Waals surface area contributed by atoms with Gasteiger partial charge in [0, 0.05) is 36.2 Å². The van der Waals surface area contributed by atoms with Gasteiger partial charge < -0.3 is 4.57 Å². The van der Waals surface area contributed by atoms with Gasteiger partial charge in [-0.15, -0.1) is 10.2 Å². The van der Waals surface area contributed by atoms with E-state index in [-0.39, 0.29) is 0 Å². The summed E-state index contributed by atoms with van der Waals surface area (Å²) in [4.78, 5) is 3.25. The summed E-state index contributed by atoms with van der Waals surface area (Å²) >= 11 is 0. The minimum absolute atomic E-state index is 0.651. The third kappa shape index (κ3) is 2.85. The summed E-state index contributed by atoms with van der Waals surface area (Å²) in [7, 11) is -0.920. The minimum Gasteiger partial charge on any atom is -0.312 e. The Morgan fingerprint density at radius 1 is 1.14 bits per heavy atom. The molecule has 0 unspecified atom stereocenters. The molecule has 1 aromatic carbocycles. The lowest BCUT2D eigenvalue weighted by Gasteiger charge is -2.27. The molecule has 0 spiro atoms. The monoisotopic (exact) mass is 316 g/mol. The van der Waals surface area contributed by atoms with Crippen molar-refractivity contribution in [2.45, 2.75) is 36.7 Å². The zero-order chi connectivity index (χ0) is 14.9. The van der Waals surface area contributed by atoms with E-state index in [1.54, 1.807) is 0 Å². The Labute approximate surface area is 132 Å². The fourth-order valence-electron chi connectivity index (χ4n) is 2.97. The van der Waals surface area contributed by atoms with Crippen molar-refractivity contribution in [1.82, 2.24) is 19.7 Å². The van der Waals surface area contributed by atoms with Crippen molar-refractivity contribution in [2.24, 2.45) is 0 Å². The van der Waals surface area contributed by atoms with Gasteiger partial charge in [0.25, 0.3) is 0 Å². The van der Waals surface area contributed by atoms with E-state index < -0.39 is 10.8 Å². The summed E-state index contributed by atoms with van der Waals surface area (Å²) in [6.07, 6.45) is 2.52. The maximum absolute atomic E-state index is 12.3. The molecule has 1 fully saturated rings. The van der Waals surface area contributed by atoms with Crippen LogP contribution in [0.5, 0.6) is 0 Å². The summed E-state index contributed by atoms with van der Waals surface area (Å²) in [6.45, 7) is 3.63. The molecule has 1 atom stereocenters. The van der Waals surface area contributed by atoms with Crippen LogP contribution in [-0.4, -0.2) is 42.7 Å². The molecule has 116 valence electrons. The average molecular weight is 316 g/mol. The Morgan fingerprint density at radius 2 is 1.95 bits per heavy atom. The fraction of sp³-hybridized carbons (Fsp3) is 0.500. The molecule has 2 heterocycles. The van der Waals surface area contributed by atoms with Gasteiger partial charge in [-0.3, -0.25) is 9.11 Å². The molecule has 1 aliphatic carbocycles. The Bertz CT molecular complexity index is 681. The number of hydrogen-bond donors (Lipinski definition) is 0. The van der Waals surface area contributed by atoms with Crippen LogP contribution in [0.3, 0.4) is 0 Å². The van der Waals surface area contributed by atoms with Crippen LogP contribution in [-0.2, 0) is 23.9 Å². The van der Waals surface area contributed by atoms with Crippen LogP contribution in [0.1, 0.15) is 30.4 Å². The molecular formula is C16H20N4OS. The number of fused-ring (bicyclic) bond motifs is 1. The van der Waals surface area contributed by atoms with E-state index >= 15 is 0 Å². The van der Waals surface area contributed by atoms with Crippen molar-refractivity contribution in [1.29, 1.82) is 0 Å². The second kappa shape index (κ2) is 5.93. The van der Waals surface area contributed by atoms with Crippen LogP contribution in [0.25, 0.3) is 0 Å². The van der Waals surface area contributed by atoms with Crippen LogP contribution < -0.4 is 0 Å². The van der Waals surface area contributed by atoms with Crippen molar-refractivity contribution >= 4 is 10.8 Å². The van der Waals surface area contributed by atoms with Gasteiger partial charge in [-0.05, 0) is 25.0 Å². The Morgan fingerprint density at radius 3 is 2.73 bits per heavy atom. The van der Waals surface area contributed by atoms with Gasteiger partial charge >= 0.3 is 0 Å². The van der Waals surface area contributed by atoms with E-state index in [1.165, 1.54) is 18.7 Å². The van der Waals surface area contributed by atoms with E-state index in [2.05, 4.69) is 19.7 Å². The lowest BCUT2D eigenvalue weighted by molar-refractivity contribution is 0.227. The van der Waals surface area contributed by atoms with Gasteiger partial charge in [-0.1, -0.05) is 18.2 Å². The fourth-order valence-corrected chi connectivity index (χ4v) is 4.09. The summed E-state index contributed by atoms with van der Waals surface area (Å²) in [5.41, 5.74) is 0. The molecular weight excluding hydrogens is 296 g/mol. The molecule has 22 heavy (non-hydrogen) atoms.